The maximum Gasteiger partial charge on any atom is 0.338 e. The zero-order valence-corrected chi connectivity index (χ0v) is 12.6. The highest BCUT2D eigenvalue weighted by atomic mass is 35.5. The Morgan fingerprint density at radius 2 is 1.76 bits per heavy atom. The molecule has 2 rings (SSSR count). The molecule has 2 aromatic rings. The van der Waals surface area contributed by atoms with Gasteiger partial charge in [-0.05, 0) is 24.3 Å². The highest BCUT2D eigenvalue weighted by Crippen LogP contribution is 2.31. The number of carboxylic acids is 1. The third-order valence-corrected chi connectivity index (χ3v) is 4.73. The zero-order valence-electron chi connectivity index (χ0n) is 10.2. The van der Waals surface area contributed by atoms with Crippen LogP contribution in [0.2, 0.25) is 10.0 Å². The molecule has 1 heterocycles. The minimum absolute atomic E-state index is 0.143. The second-order valence-corrected chi connectivity index (χ2v) is 6.32. The number of aromatic carboxylic acids is 1. The van der Waals surface area contributed by atoms with Gasteiger partial charge in [-0.2, -0.15) is 0 Å². The van der Waals surface area contributed by atoms with Crippen LogP contribution in [0.3, 0.4) is 0 Å². The lowest BCUT2D eigenvalue weighted by atomic mass is 10.2. The first-order valence-electron chi connectivity index (χ1n) is 5.47. The average Bonchev–Trinajstić information content (AvgIpc) is 2.38. The number of carboxylic acid groups (broad SMARTS) is 1. The minimum Gasteiger partial charge on any atom is -0.478 e. The Labute approximate surface area is 130 Å². The van der Waals surface area contributed by atoms with Crippen LogP contribution in [-0.2, 0) is 10.0 Å². The minimum atomic E-state index is -4.05. The van der Waals surface area contributed by atoms with Crippen molar-refractivity contribution in [1.29, 1.82) is 0 Å². The van der Waals surface area contributed by atoms with Crippen molar-refractivity contribution in [2.75, 3.05) is 4.72 Å². The fraction of sp³-hybridized carbons (Fsp3) is 0. The molecule has 1 aromatic heterocycles. The van der Waals surface area contributed by atoms with Crippen LogP contribution >= 0.6 is 23.2 Å². The molecule has 0 spiro atoms. The molecule has 0 amide bonds. The summed E-state index contributed by atoms with van der Waals surface area (Å²) in [6.45, 7) is 0. The number of halogens is 2. The summed E-state index contributed by atoms with van der Waals surface area (Å²) in [4.78, 5) is 14.5. The van der Waals surface area contributed by atoms with Gasteiger partial charge in [-0.25, -0.2) is 13.2 Å². The molecule has 21 heavy (non-hydrogen) atoms. The van der Waals surface area contributed by atoms with Crippen molar-refractivity contribution in [2.45, 2.75) is 4.90 Å². The summed E-state index contributed by atoms with van der Waals surface area (Å²) >= 11 is 11.6. The number of hydrogen-bond acceptors (Lipinski definition) is 4. The first-order chi connectivity index (χ1) is 9.83. The molecular weight excluding hydrogens is 339 g/mol. The van der Waals surface area contributed by atoms with Crippen molar-refractivity contribution in [2.24, 2.45) is 0 Å². The first-order valence-corrected chi connectivity index (χ1v) is 7.71. The molecule has 0 unspecified atom stereocenters. The van der Waals surface area contributed by atoms with Crippen molar-refractivity contribution in [3.8, 4) is 0 Å². The second kappa shape index (κ2) is 5.88. The van der Waals surface area contributed by atoms with Crippen molar-refractivity contribution < 1.29 is 18.3 Å². The topological polar surface area (TPSA) is 96.4 Å². The normalized spacial score (nSPS) is 11.1. The smallest absolute Gasteiger partial charge is 0.338 e. The summed E-state index contributed by atoms with van der Waals surface area (Å²) < 4.78 is 26.8. The van der Waals surface area contributed by atoms with Crippen LogP contribution in [0.15, 0.2) is 41.6 Å². The lowest BCUT2D eigenvalue weighted by molar-refractivity contribution is 0.0697. The molecule has 0 fully saturated rings. The number of carbonyl (C=O) groups is 1. The zero-order chi connectivity index (χ0) is 15.6. The summed E-state index contributed by atoms with van der Waals surface area (Å²) in [7, 11) is -4.05. The molecule has 0 saturated heterocycles. The van der Waals surface area contributed by atoms with E-state index in [4.69, 9.17) is 28.3 Å². The second-order valence-electron chi connectivity index (χ2n) is 3.88. The summed E-state index contributed by atoms with van der Waals surface area (Å²) in [5.41, 5.74) is -0.191. The Balaban J connectivity index is 2.51. The van der Waals surface area contributed by atoms with Crippen LogP contribution in [0.25, 0.3) is 0 Å². The number of pyridine rings is 1. The lowest BCUT2D eigenvalue weighted by Gasteiger charge is -2.11. The van der Waals surface area contributed by atoms with Gasteiger partial charge < -0.3 is 5.11 Å². The monoisotopic (exact) mass is 346 g/mol. The van der Waals surface area contributed by atoms with E-state index in [9.17, 15) is 13.2 Å². The standard InChI is InChI=1S/C12H8Cl2N2O4S/c13-8-1-2-9(11(14)10(8)12(17)18)21(19,20)16-7-3-5-15-6-4-7/h1-6H,(H,15,16)(H,17,18). The van der Waals surface area contributed by atoms with E-state index in [0.717, 1.165) is 12.1 Å². The van der Waals surface area contributed by atoms with E-state index < -0.39 is 26.6 Å². The first kappa shape index (κ1) is 15.6. The van der Waals surface area contributed by atoms with Gasteiger partial charge in [0.25, 0.3) is 10.0 Å². The molecular formula is C12H8Cl2N2O4S. The van der Waals surface area contributed by atoms with Crippen LogP contribution in [0, 0.1) is 0 Å². The maximum atomic E-state index is 12.3. The van der Waals surface area contributed by atoms with E-state index in [1.807, 2.05) is 0 Å². The predicted molar refractivity (Wildman–Crippen MR) is 78.5 cm³/mol. The number of aromatic nitrogens is 1. The Kier molecular flexibility index (Phi) is 4.36. The highest BCUT2D eigenvalue weighted by molar-refractivity contribution is 7.92. The molecule has 6 nitrogen and oxygen atoms in total. The van der Waals surface area contributed by atoms with Crippen LogP contribution in [-0.4, -0.2) is 24.5 Å². The number of sulfonamides is 1. The van der Waals surface area contributed by atoms with Gasteiger partial charge in [-0.15, -0.1) is 0 Å². The molecule has 0 atom stereocenters. The third-order valence-electron chi connectivity index (χ3n) is 2.49. The molecule has 0 aliphatic heterocycles. The van der Waals surface area contributed by atoms with E-state index >= 15 is 0 Å². The Hall–Kier alpha value is -1.83. The predicted octanol–water partition coefficient (Wildman–Crippen LogP) is 2.89. The van der Waals surface area contributed by atoms with Gasteiger partial charge in [-0.3, -0.25) is 9.71 Å². The van der Waals surface area contributed by atoms with Gasteiger partial charge in [0, 0.05) is 12.4 Å². The van der Waals surface area contributed by atoms with E-state index in [-0.39, 0.29) is 15.6 Å². The number of benzene rings is 1. The molecule has 0 radical (unpaired) electrons. The fourth-order valence-electron chi connectivity index (χ4n) is 1.57. The van der Waals surface area contributed by atoms with Crippen molar-refractivity contribution >= 4 is 44.9 Å². The quantitative estimate of drug-likeness (QED) is 0.887. The molecule has 1 aromatic carbocycles. The van der Waals surface area contributed by atoms with Gasteiger partial charge >= 0.3 is 5.97 Å². The molecule has 0 aliphatic carbocycles. The van der Waals surface area contributed by atoms with Gasteiger partial charge in [0.1, 0.15) is 4.90 Å². The highest BCUT2D eigenvalue weighted by Gasteiger charge is 2.24. The van der Waals surface area contributed by atoms with Gasteiger partial charge in [0.15, 0.2) is 0 Å². The number of rotatable bonds is 4. The van der Waals surface area contributed by atoms with Crippen molar-refractivity contribution in [1.82, 2.24) is 4.98 Å². The molecule has 110 valence electrons. The number of anilines is 1. The van der Waals surface area contributed by atoms with E-state index in [0.29, 0.717) is 0 Å². The van der Waals surface area contributed by atoms with Crippen molar-refractivity contribution in [3.63, 3.8) is 0 Å². The fourth-order valence-corrected chi connectivity index (χ4v) is 3.55. The summed E-state index contributed by atoms with van der Waals surface area (Å²) in [6.07, 6.45) is 2.81. The average molecular weight is 347 g/mol. The number of hydrogen-bond donors (Lipinski definition) is 2. The largest absolute Gasteiger partial charge is 0.478 e. The molecule has 0 bridgehead atoms. The van der Waals surface area contributed by atoms with Crippen LogP contribution in [0.5, 0.6) is 0 Å². The summed E-state index contributed by atoms with van der Waals surface area (Å²) in [6, 6.07) is 5.19. The van der Waals surface area contributed by atoms with E-state index in [2.05, 4.69) is 9.71 Å². The van der Waals surface area contributed by atoms with E-state index in [1.165, 1.54) is 24.5 Å². The van der Waals surface area contributed by atoms with Gasteiger partial charge in [0.05, 0.1) is 21.3 Å². The van der Waals surface area contributed by atoms with E-state index in [1.54, 1.807) is 0 Å². The van der Waals surface area contributed by atoms with Crippen LogP contribution in [0.4, 0.5) is 5.69 Å². The SMILES string of the molecule is O=C(O)c1c(Cl)ccc(S(=O)(=O)Nc2ccncc2)c1Cl. The molecule has 9 heteroatoms. The third kappa shape index (κ3) is 3.26. The Morgan fingerprint density at radius 3 is 2.33 bits per heavy atom. The van der Waals surface area contributed by atoms with Gasteiger partial charge in [0.2, 0.25) is 0 Å². The maximum absolute atomic E-state index is 12.3. The Morgan fingerprint density at radius 1 is 1.14 bits per heavy atom. The molecule has 0 saturated carbocycles. The summed E-state index contributed by atoms with van der Waals surface area (Å²) in [5, 5.41) is 8.44. The Bertz CT molecular complexity index is 794. The van der Waals surface area contributed by atoms with Gasteiger partial charge in [-0.1, -0.05) is 23.2 Å². The number of nitrogens with zero attached hydrogens (tertiary/aromatic N) is 1. The number of nitrogens with one attached hydrogen (secondary N) is 1. The molecule has 0 aliphatic rings. The lowest BCUT2D eigenvalue weighted by Crippen LogP contribution is -2.15. The molecule has 2 N–H and O–H groups in total. The summed E-state index contributed by atoms with van der Waals surface area (Å²) in [5.74, 6) is -1.41. The van der Waals surface area contributed by atoms with Crippen LogP contribution in [0.1, 0.15) is 10.4 Å². The van der Waals surface area contributed by atoms with Crippen LogP contribution < -0.4 is 4.72 Å². The van der Waals surface area contributed by atoms with Crippen molar-refractivity contribution in [3.05, 3.63) is 52.3 Å².